The van der Waals surface area contributed by atoms with Gasteiger partial charge in [-0.2, -0.15) is 9.37 Å². The number of aliphatic imine (C=N–C) groups is 1. The summed E-state index contributed by atoms with van der Waals surface area (Å²) in [5.41, 5.74) is 0.709. The third-order valence-corrected chi connectivity index (χ3v) is 9.10. The molecule has 21 heteroatoms. The van der Waals surface area contributed by atoms with Crippen molar-refractivity contribution in [2.45, 2.75) is 6.10 Å². The number of hydrogen-bond acceptors (Lipinski definition) is 10. The van der Waals surface area contributed by atoms with Gasteiger partial charge in [0, 0.05) is 39.8 Å². The molecule has 0 radical (unpaired) electrons. The van der Waals surface area contributed by atoms with Crippen LogP contribution in [0.5, 0.6) is 0 Å². The maximum absolute atomic E-state index is 12.7. The second kappa shape index (κ2) is 22.3. The maximum atomic E-state index is 12.7. The third kappa shape index (κ3) is 12.7. The smallest absolute Gasteiger partial charge is 0.367 e. The van der Waals surface area contributed by atoms with E-state index in [4.69, 9.17) is 39.5 Å². The average molecular weight is 886 g/mol. The molecular formula is C39H40Cl3FN10O7. The number of nitrogens with one attached hydrogen (secondary N) is 3. The van der Waals surface area contributed by atoms with Gasteiger partial charge in [-0.05, 0) is 55.0 Å². The summed E-state index contributed by atoms with van der Waals surface area (Å²) in [5, 5.41) is 27.8. The van der Waals surface area contributed by atoms with Crippen molar-refractivity contribution >= 4 is 69.0 Å². The minimum absolute atomic E-state index is 0.0161. The Hall–Kier alpha value is -6.18. The highest BCUT2D eigenvalue weighted by atomic mass is 35.5. The molecule has 1 saturated heterocycles. The van der Waals surface area contributed by atoms with Gasteiger partial charge in [-0.25, -0.2) is 9.79 Å². The molecular weight excluding hydrogens is 846 g/mol. The van der Waals surface area contributed by atoms with Crippen molar-refractivity contribution in [3.05, 3.63) is 170 Å². The predicted molar refractivity (Wildman–Crippen MR) is 230 cm³/mol. The van der Waals surface area contributed by atoms with Crippen LogP contribution in [0.1, 0.15) is 17.2 Å². The van der Waals surface area contributed by atoms with Crippen LogP contribution in [0.25, 0.3) is 11.2 Å². The highest BCUT2D eigenvalue weighted by Gasteiger charge is 2.28. The number of halogens is 4. The summed E-state index contributed by atoms with van der Waals surface area (Å²) in [4.78, 5) is 54.1. The van der Waals surface area contributed by atoms with Gasteiger partial charge in [0.1, 0.15) is 11.8 Å². The molecule has 0 aliphatic carbocycles. The fourth-order valence-electron chi connectivity index (χ4n) is 5.33. The Morgan fingerprint density at radius 2 is 1.38 bits per heavy atom. The molecule has 1 aliphatic heterocycles. The van der Waals surface area contributed by atoms with Gasteiger partial charge in [-0.3, -0.25) is 34.2 Å². The van der Waals surface area contributed by atoms with E-state index in [1.165, 1.54) is 29.8 Å². The molecule has 7 rings (SSSR count). The van der Waals surface area contributed by atoms with Crippen molar-refractivity contribution in [1.29, 1.82) is 0 Å². The number of guanidine groups is 1. The molecule has 0 spiro atoms. The molecule has 6 aromatic rings. The summed E-state index contributed by atoms with van der Waals surface area (Å²) in [5.74, 6) is -0.487. The zero-order chi connectivity index (χ0) is 43.9. The van der Waals surface area contributed by atoms with Gasteiger partial charge in [-0.1, -0.05) is 96.0 Å². The zero-order valence-corrected chi connectivity index (χ0v) is 34.9. The van der Waals surface area contributed by atoms with Gasteiger partial charge >= 0.3 is 17.1 Å². The van der Waals surface area contributed by atoms with Gasteiger partial charge in [0.15, 0.2) is 17.1 Å². The Labute approximate surface area is 357 Å². The average Bonchev–Trinajstić information content (AvgIpc) is 3.90. The molecule has 316 valence electrons. The lowest BCUT2D eigenvalue weighted by atomic mass is 10.0. The minimum atomic E-state index is -1.21. The van der Waals surface area contributed by atoms with Crippen LogP contribution in [0, 0.1) is 26.0 Å². The lowest BCUT2D eigenvalue weighted by Crippen LogP contribution is -2.36. The minimum Gasteiger partial charge on any atom is -0.367 e. The molecule has 1 aliphatic rings. The van der Waals surface area contributed by atoms with Crippen LogP contribution in [0.3, 0.4) is 0 Å². The summed E-state index contributed by atoms with van der Waals surface area (Å²) in [6.07, 6.45) is 0.0161. The standard InChI is InChI=1S/C17H21NO.C9H9Cl2N3.C7H7ClN4O2.C6H3FN2O4/c1-18(2)13-14-19-17(15-9-5-3-6-10-15)16-11-7-4-8-12-16;10-6-2-1-3-7(11)8(6)14-9-12-4-5-13-9;1-11-4-3(9-6(8)10-4)5(13)12(2)7(11)14;7-4-2-1-3-5(8(10)11)6(4)9(12)13/h3-12,17H,13-14H2,1-2H3;1-3H,4-5H2,(H2,12,13,14);1-2H3,(H,9,10);1-3H. The number of benzene rings is 4. The van der Waals surface area contributed by atoms with Crippen LogP contribution in [0.15, 0.2) is 112 Å². The Bertz CT molecular complexity index is 2490. The highest BCUT2D eigenvalue weighted by molar-refractivity contribution is 6.38. The third-order valence-electron chi connectivity index (χ3n) is 8.31. The quantitative estimate of drug-likeness (QED) is 0.0783. The molecule has 0 amide bonds. The van der Waals surface area contributed by atoms with Crippen LogP contribution < -0.4 is 21.9 Å². The van der Waals surface area contributed by atoms with Crippen LogP contribution in [-0.4, -0.2) is 80.1 Å². The number of aromatic nitrogens is 4. The van der Waals surface area contributed by atoms with Gasteiger partial charge in [0.25, 0.3) is 5.56 Å². The highest BCUT2D eigenvalue weighted by Crippen LogP contribution is 2.33. The Morgan fingerprint density at radius 3 is 1.88 bits per heavy atom. The molecule has 3 N–H and O–H groups in total. The van der Waals surface area contributed by atoms with Crippen molar-refractivity contribution in [3.63, 3.8) is 0 Å². The van der Waals surface area contributed by atoms with Gasteiger partial charge in [0.05, 0.1) is 26.5 Å². The van der Waals surface area contributed by atoms with Gasteiger partial charge in [0.2, 0.25) is 11.1 Å². The van der Waals surface area contributed by atoms with E-state index in [9.17, 15) is 34.2 Å². The number of nitro groups is 2. The van der Waals surface area contributed by atoms with Crippen molar-refractivity contribution in [3.8, 4) is 0 Å². The van der Waals surface area contributed by atoms with E-state index in [1.807, 2.05) is 12.1 Å². The number of para-hydroxylation sites is 2. The molecule has 3 heterocycles. The van der Waals surface area contributed by atoms with Crippen molar-refractivity contribution in [2.24, 2.45) is 19.1 Å². The number of ether oxygens (including phenoxy) is 1. The largest absolute Gasteiger partial charge is 0.381 e. The molecule has 2 aromatic heterocycles. The fraction of sp³-hybridized carbons (Fsp3) is 0.231. The monoisotopic (exact) mass is 884 g/mol. The van der Waals surface area contributed by atoms with E-state index >= 15 is 0 Å². The Kier molecular flexibility index (Phi) is 17.3. The lowest BCUT2D eigenvalue weighted by molar-refractivity contribution is -0.424. The van der Waals surface area contributed by atoms with Gasteiger partial charge < -0.3 is 25.3 Å². The first-order valence-corrected chi connectivity index (χ1v) is 19.0. The first kappa shape index (κ1) is 46.5. The van der Waals surface area contributed by atoms with E-state index < -0.39 is 38.3 Å². The number of aromatic amines is 1. The first-order valence-electron chi connectivity index (χ1n) is 17.9. The predicted octanol–water partition coefficient (Wildman–Crippen LogP) is 6.78. The topological polar surface area (TPSA) is 208 Å². The second-order valence-electron chi connectivity index (χ2n) is 12.8. The number of rotatable bonds is 9. The molecule has 0 atom stereocenters. The van der Waals surface area contributed by atoms with E-state index in [0.29, 0.717) is 15.7 Å². The molecule has 1 fully saturated rings. The number of hydrogen-bond donors (Lipinski definition) is 3. The summed E-state index contributed by atoms with van der Waals surface area (Å²) in [7, 11) is 7.05. The Balaban J connectivity index is 0.000000178. The lowest BCUT2D eigenvalue weighted by Gasteiger charge is -2.20. The molecule has 0 saturated carbocycles. The number of likely N-dealkylation sites (N-methyl/N-ethyl adjacent to an activating group) is 1. The van der Waals surface area contributed by atoms with E-state index in [1.54, 1.807) is 18.2 Å². The van der Waals surface area contributed by atoms with Crippen LogP contribution in [0.2, 0.25) is 15.3 Å². The molecule has 0 unspecified atom stereocenters. The summed E-state index contributed by atoms with van der Waals surface area (Å²) >= 11 is 17.5. The molecule has 17 nitrogen and oxygen atoms in total. The second-order valence-corrected chi connectivity index (χ2v) is 14.0. The van der Waals surface area contributed by atoms with Crippen LogP contribution in [0.4, 0.5) is 21.5 Å². The van der Waals surface area contributed by atoms with Crippen LogP contribution in [-0.2, 0) is 18.8 Å². The number of fused-ring (bicyclic) bond motifs is 1. The van der Waals surface area contributed by atoms with E-state index in [0.717, 1.165) is 55.0 Å². The maximum Gasteiger partial charge on any atom is 0.381 e. The summed E-state index contributed by atoms with van der Waals surface area (Å²) in [6.45, 7) is 3.40. The van der Waals surface area contributed by atoms with Crippen molar-refractivity contribution < 1.29 is 19.0 Å². The Morgan fingerprint density at radius 1 is 0.833 bits per heavy atom. The summed E-state index contributed by atoms with van der Waals surface area (Å²) < 4.78 is 21.1. The van der Waals surface area contributed by atoms with Gasteiger partial charge in [-0.15, -0.1) is 0 Å². The number of nitro benzene ring substituents is 2. The fourth-order valence-corrected chi connectivity index (χ4v) is 5.99. The first-order chi connectivity index (χ1) is 28.6. The van der Waals surface area contributed by atoms with E-state index in [-0.39, 0.29) is 22.6 Å². The van der Waals surface area contributed by atoms with Crippen LogP contribution >= 0.6 is 34.8 Å². The number of aryl methyl sites for hydroxylation is 1. The van der Waals surface area contributed by atoms with Crippen molar-refractivity contribution in [1.82, 2.24) is 34.6 Å². The molecule has 4 aromatic carbocycles. The molecule has 0 bridgehead atoms. The van der Waals surface area contributed by atoms with Crippen molar-refractivity contribution in [2.75, 3.05) is 40.3 Å². The normalized spacial score (nSPS) is 11.7. The number of H-pyrrole nitrogens is 1. The SMILES string of the molecule is CN(C)CCOC(c1ccccc1)c1ccccc1.Clc1cccc(Cl)c1N=C1NCCN1.Cn1c(=O)c2[nH]c(Cl)nc2n(C)c1=O.O=[N+]([O-])c1cccc(F)c1[N+](=O)[O-]. The molecule has 60 heavy (non-hydrogen) atoms. The number of imidazole rings is 1. The van der Waals surface area contributed by atoms with E-state index in [2.05, 4.69) is 93.1 Å². The zero-order valence-electron chi connectivity index (χ0n) is 32.6. The summed E-state index contributed by atoms with van der Waals surface area (Å²) in [6, 6.07) is 28.8. The number of nitrogens with zero attached hydrogens (tertiary/aromatic N) is 7.